The lowest BCUT2D eigenvalue weighted by molar-refractivity contribution is -0.154. The van der Waals surface area contributed by atoms with E-state index in [0.717, 1.165) is 38.5 Å². The Bertz CT molecular complexity index is 940. The van der Waals surface area contributed by atoms with Gasteiger partial charge in [-0.1, -0.05) is 232 Å². The molecule has 58 heavy (non-hydrogen) atoms. The number of ether oxygens (including phenoxy) is 2. The highest BCUT2D eigenvalue weighted by atomic mass is 31.2. The highest BCUT2D eigenvalue weighted by Gasteiger charge is 2.27. The monoisotopic (exact) mass is 848 g/mol. The van der Waals surface area contributed by atoms with Crippen LogP contribution in [0, 0.1) is 0 Å². The first-order valence-electron chi connectivity index (χ1n) is 24.6. The summed E-state index contributed by atoms with van der Waals surface area (Å²) in [5.74, 6) is -1.76. The molecule has 3 atom stereocenters. The van der Waals surface area contributed by atoms with E-state index in [0.29, 0.717) is 6.61 Å². The maximum atomic E-state index is 12.6. The molecule has 0 aliphatic heterocycles. The fourth-order valence-corrected chi connectivity index (χ4v) is 8.09. The molecule has 0 aliphatic carbocycles. The SMILES string of the molecule is CCCCCCCCCCCCCCCCCCCCCCCCCCOCC(COP(=O)(O)OCC(N)C(=O)O)OC(=O)CCCCCCCCCCCCCC. The Balaban J connectivity index is 4.01. The molecule has 3 unspecified atom stereocenters. The van der Waals surface area contributed by atoms with Gasteiger partial charge in [-0.05, 0) is 12.8 Å². The van der Waals surface area contributed by atoms with E-state index >= 15 is 0 Å². The van der Waals surface area contributed by atoms with Gasteiger partial charge in [0.05, 0.1) is 19.8 Å². The number of rotatable bonds is 48. The summed E-state index contributed by atoms with van der Waals surface area (Å²) in [5.41, 5.74) is 5.36. The average Bonchev–Trinajstić information content (AvgIpc) is 3.20. The maximum absolute atomic E-state index is 12.6. The van der Waals surface area contributed by atoms with E-state index in [1.165, 1.54) is 193 Å². The molecule has 0 aromatic heterocycles. The number of carbonyl (C=O) groups excluding carboxylic acids is 1. The predicted octanol–water partition coefficient (Wildman–Crippen LogP) is 13.9. The average molecular weight is 848 g/mol. The molecule has 10 nitrogen and oxygen atoms in total. The van der Waals surface area contributed by atoms with E-state index in [1.807, 2.05) is 0 Å². The first kappa shape index (κ1) is 57.0. The van der Waals surface area contributed by atoms with E-state index < -0.39 is 45.1 Å². The van der Waals surface area contributed by atoms with Crippen molar-refractivity contribution in [3.05, 3.63) is 0 Å². The summed E-state index contributed by atoms with van der Waals surface area (Å²) in [6, 6.07) is -1.47. The molecule has 0 saturated heterocycles. The molecule has 0 heterocycles. The van der Waals surface area contributed by atoms with Crippen LogP contribution in [0.5, 0.6) is 0 Å². The molecule has 0 aliphatic rings. The number of carboxylic acid groups (broad SMARTS) is 1. The Morgan fingerprint density at radius 1 is 0.483 bits per heavy atom. The molecule has 0 radical (unpaired) electrons. The second-order valence-corrected chi connectivity index (χ2v) is 18.4. The molecule has 0 spiro atoms. The number of aliphatic carboxylic acids is 1. The lowest BCUT2D eigenvalue weighted by Crippen LogP contribution is -2.34. The van der Waals surface area contributed by atoms with Crippen molar-refractivity contribution in [1.82, 2.24) is 0 Å². The summed E-state index contributed by atoms with van der Waals surface area (Å²) in [4.78, 5) is 33.5. The van der Waals surface area contributed by atoms with E-state index in [4.69, 9.17) is 29.4 Å². The summed E-state index contributed by atoms with van der Waals surface area (Å²) in [6.07, 6.45) is 46.0. The van der Waals surface area contributed by atoms with Crippen LogP contribution in [0.3, 0.4) is 0 Å². The number of unbranched alkanes of at least 4 members (excludes halogenated alkanes) is 34. The molecule has 0 aromatic rings. The van der Waals surface area contributed by atoms with Gasteiger partial charge < -0.3 is 25.2 Å². The van der Waals surface area contributed by atoms with Crippen molar-refractivity contribution < 1.29 is 42.7 Å². The zero-order valence-corrected chi connectivity index (χ0v) is 38.8. The molecule has 346 valence electrons. The lowest BCUT2D eigenvalue weighted by atomic mass is 10.0. The topological polar surface area (TPSA) is 155 Å². The van der Waals surface area contributed by atoms with E-state index in [9.17, 15) is 19.0 Å². The van der Waals surface area contributed by atoms with Crippen LogP contribution < -0.4 is 5.73 Å². The van der Waals surface area contributed by atoms with Crippen LogP contribution in [-0.4, -0.2) is 60.5 Å². The second-order valence-electron chi connectivity index (χ2n) is 17.0. The molecule has 0 aromatic carbocycles. The molecule has 0 amide bonds. The van der Waals surface area contributed by atoms with Crippen molar-refractivity contribution in [2.75, 3.05) is 26.4 Å². The van der Waals surface area contributed by atoms with Crippen LogP contribution >= 0.6 is 7.82 Å². The van der Waals surface area contributed by atoms with Gasteiger partial charge in [-0.15, -0.1) is 0 Å². The third kappa shape index (κ3) is 43.1. The molecule has 0 fully saturated rings. The molecule has 0 rings (SSSR count). The summed E-state index contributed by atoms with van der Waals surface area (Å²) >= 11 is 0. The summed E-state index contributed by atoms with van der Waals surface area (Å²) in [6.45, 7) is 3.93. The van der Waals surface area contributed by atoms with Gasteiger partial charge in [-0.3, -0.25) is 18.6 Å². The third-order valence-electron chi connectivity index (χ3n) is 11.1. The van der Waals surface area contributed by atoms with Gasteiger partial charge in [-0.2, -0.15) is 0 Å². The fraction of sp³-hybridized carbons (Fsp3) is 0.957. The first-order chi connectivity index (χ1) is 28.2. The van der Waals surface area contributed by atoms with Gasteiger partial charge in [0.2, 0.25) is 0 Å². The van der Waals surface area contributed by atoms with Crippen molar-refractivity contribution in [2.24, 2.45) is 5.73 Å². The highest BCUT2D eigenvalue weighted by Crippen LogP contribution is 2.43. The van der Waals surface area contributed by atoms with Crippen molar-refractivity contribution in [3.63, 3.8) is 0 Å². The fourth-order valence-electron chi connectivity index (χ4n) is 7.31. The number of carbonyl (C=O) groups is 2. The van der Waals surface area contributed by atoms with Gasteiger partial charge in [0.15, 0.2) is 0 Å². The highest BCUT2D eigenvalue weighted by molar-refractivity contribution is 7.47. The van der Waals surface area contributed by atoms with Gasteiger partial charge in [0, 0.05) is 13.0 Å². The van der Waals surface area contributed by atoms with Crippen molar-refractivity contribution in [1.29, 1.82) is 0 Å². The molecular weight excluding hydrogens is 753 g/mol. The van der Waals surface area contributed by atoms with E-state index in [1.54, 1.807) is 0 Å². The Labute approximate surface area is 357 Å². The van der Waals surface area contributed by atoms with E-state index in [2.05, 4.69) is 13.8 Å². The zero-order chi connectivity index (χ0) is 42.6. The van der Waals surface area contributed by atoms with Crippen LogP contribution in [0.25, 0.3) is 0 Å². The molecule has 4 N–H and O–H groups in total. The van der Waals surface area contributed by atoms with E-state index in [-0.39, 0.29) is 13.0 Å². The number of phosphoric ester groups is 1. The van der Waals surface area contributed by atoms with Gasteiger partial charge in [0.1, 0.15) is 12.1 Å². The minimum absolute atomic E-state index is 0.0260. The first-order valence-corrected chi connectivity index (χ1v) is 26.1. The maximum Gasteiger partial charge on any atom is 0.472 e. The van der Waals surface area contributed by atoms with Crippen LogP contribution in [0.1, 0.15) is 251 Å². The Morgan fingerprint density at radius 2 is 0.793 bits per heavy atom. The standard InChI is InChI=1S/C47H94NO9P/c1-3-5-7-9-11-13-15-17-18-19-20-21-22-23-24-25-26-27-28-30-32-34-36-38-40-54-41-44(42-55-58(52,53)56-43-45(48)47(50)51)57-46(49)39-37-35-33-31-29-16-14-12-10-8-6-4-2/h44-45H,3-43,48H2,1-2H3,(H,50,51)(H,52,53). The van der Waals surface area contributed by atoms with Crippen LogP contribution in [-0.2, 0) is 32.7 Å². The van der Waals surface area contributed by atoms with Crippen molar-refractivity contribution in [3.8, 4) is 0 Å². The molecular formula is C47H94NO9P. The van der Waals surface area contributed by atoms with Crippen molar-refractivity contribution >= 4 is 19.8 Å². The van der Waals surface area contributed by atoms with Crippen molar-refractivity contribution in [2.45, 2.75) is 264 Å². The van der Waals surface area contributed by atoms with Crippen LogP contribution in [0.4, 0.5) is 0 Å². The predicted molar refractivity (Wildman–Crippen MR) is 240 cm³/mol. The smallest absolute Gasteiger partial charge is 0.472 e. The van der Waals surface area contributed by atoms with Gasteiger partial charge in [0.25, 0.3) is 0 Å². The minimum Gasteiger partial charge on any atom is -0.480 e. The zero-order valence-electron chi connectivity index (χ0n) is 37.9. The number of nitrogens with two attached hydrogens (primary N) is 1. The normalized spacial score (nSPS) is 13.7. The quantitative estimate of drug-likeness (QED) is 0.0306. The summed E-state index contributed by atoms with van der Waals surface area (Å²) in [5, 5.41) is 8.90. The molecule has 11 heteroatoms. The van der Waals surface area contributed by atoms with Gasteiger partial charge >= 0.3 is 19.8 Å². The minimum atomic E-state index is -4.61. The number of esters is 1. The number of hydrogen-bond acceptors (Lipinski definition) is 8. The number of carboxylic acids is 1. The Hall–Kier alpha value is -1.03. The van der Waals surface area contributed by atoms with Gasteiger partial charge in [-0.25, -0.2) is 4.57 Å². The summed E-state index contributed by atoms with van der Waals surface area (Å²) < 4.78 is 33.4. The summed E-state index contributed by atoms with van der Waals surface area (Å²) in [7, 11) is -4.61. The van der Waals surface area contributed by atoms with Crippen LogP contribution in [0.2, 0.25) is 0 Å². The molecule has 0 bridgehead atoms. The van der Waals surface area contributed by atoms with Crippen LogP contribution in [0.15, 0.2) is 0 Å². The molecule has 0 saturated carbocycles. The Morgan fingerprint density at radius 3 is 1.14 bits per heavy atom. The Kier molecular flexibility index (Phi) is 43.3. The second kappa shape index (κ2) is 44.0. The number of phosphoric acid groups is 1. The lowest BCUT2D eigenvalue weighted by Gasteiger charge is -2.20. The largest absolute Gasteiger partial charge is 0.480 e. The number of hydrogen-bond donors (Lipinski definition) is 3. The third-order valence-corrected chi connectivity index (χ3v) is 12.1.